The molecule has 0 atom stereocenters. The molecular weight excluding hydrogens is 234 g/mol. The smallest absolute Gasteiger partial charge is 0.271 e. The second-order valence-electron chi connectivity index (χ2n) is 3.51. The molecule has 0 spiro atoms. The van der Waals surface area contributed by atoms with E-state index in [1.165, 1.54) is 7.05 Å². The second kappa shape index (κ2) is 7.21. The van der Waals surface area contributed by atoms with Gasteiger partial charge in [-0.3, -0.25) is 9.59 Å². The Hall–Kier alpha value is -2.18. The summed E-state index contributed by atoms with van der Waals surface area (Å²) in [6, 6.07) is 3.22. The molecule has 3 N–H and O–H groups in total. The van der Waals surface area contributed by atoms with E-state index in [1.54, 1.807) is 12.1 Å². The predicted molar refractivity (Wildman–Crippen MR) is 67.2 cm³/mol. The third-order valence-electron chi connectivity index (χ3n) is 2.16. The van der Waals surface area contributed by atoms with Crippen LogP contribution in [0.4, 0.5) is 5.82 Å². The molecule has 0 aliphatic heterocycles. The Morgan fingerprint density at radius 1 is 1.28 bits per heavy atom. The number of carbonyl (C=O) groups excluding carboxylic acids is 2. The van der Waals surface area contributed by atoms with Crippen LogP contribution in [0.5, 0.6) is 0 Å². The summed E-state index contributed by atoms with van der Waals surface area (Å²) in [7, 11) is 1.53. The third kappa shape index (κ3) is 4.36. The van der Waals surface area contributed by atoms with Crippen LogP contribution in [-0.2, 0) is 4.79 Å². The Kier molecular flexibility index (Phi) is 5.56. The first-order valence-electron chi connectivity index (χ1n) is 5.73. The average molecular weight is 251 g/mol. The molecule has 98 valence electrons. The third-order valence-corrected chi connectivity index (χ3v) is 2.16. The molecule has 1 heterocycles. The van der Waals surface area contributed by atoms with Crippen LogP contribution in [0.1, 0.15) is 23.8 Å². The van der Waals surface area contributed by atoms with E-state index in [2.05, 4.69) is 26.1 Å². The molecular formula is C11H17N5O2. The topological polar surface area (TPSA) is 96.0 Å². The Bertz CT molecular complexity index is 404. The molecule has 18 heavy (non-hydrogen) atoms. The van der Waals surface area contributed by atoms with Crippen molar-refractivity contribution in [3.8, 4) is 0 Å². The maximum atomic E-state index is 11.2. The van der Waals surface area contributed by atoms with Gasteiger partial charge >= 0.3 is 0 Å². The molecule has 0 aliphatic rings. The molecule has 0 saturated heterocycles. The number of carbonyl (C=O) groups is 2. The van der Waals surface area contributed by atoms with Crippen molar-refractivity contribution < 1.29 is 9.59 Å². The van der Waals surface area contributed by atoms with E-state index in [1.807, 2.05) is 6.92 Å². The van der Waals surface area contributed by atoms with Gasteiger partial charge in [0.25, 0.3) is 5.91 Å². The summed E-state index contributed by atoms with van der Waals surface area (Å²) in [5.41, 5.74) is 0.256. The van der Waals surface area contributed by atoms with Crippen molar-refractivity contribution in [3.05, 3.63) is 17.8 Å². The lowest BCUT2D eigenvalue weighted by Crippen LogP contribution is -2.25. The Balaban J connectivity index is 2.40. The zero-order valence-corrected chi connectivity index (χ0v) is 10.5. The van der Waals surface area contributed by atoms with Gasteiger partial charge in [0.2, 0.25) is 5.91 Å². The van der Waals surface area contributed by atoms with Crippen molar-refractivity contribution in [2.45, 2.75) is 13.3 Å². The van der Waals surface area contributed by atoms with Crippen LogP contribution in [0, 0.1) is 0 Å². The van der Waals surface area contributed by atoms with Gasteiger partial charge < -0.3 is 16.0 Å². The van der Waals surface area contributed by atoms with E-state index >= 15 is 0 Å². The van der Waals surface area contributed by atoms with Gasteiger partial charge in [0.05, 0.1) is 0 Å². The lowest BCUT2D eigenvalue weighted by molar-refractivity contribution is -0.120. The molecule has 7 heteroatoms. The molecule has 0 bridgehead atoms. The Labute approximate surface area is 105 Å². The van der Waals surface area contributed by atoms with E-state index in [4.69, 9.17) is 0 Å². The van der Waals surface area contributed by atoms with Crippen molar-refractivity contribution in [2.24, 2.45) is 0 Å². The molecule has 0 unspecified atom stereocenters. The van der Waals surface area contributed by atoms with Crippen molar-refractivity contribution in [2.75, 3.05) is 25.5 Å². The first-order valence-corrected chi connectivity index (χ1v) is 5.73. The number of aromatic nitrogens is 2. The highest BCUT2D eigenvalue weighted by atomic mass is 16.2. The van der Waals surface area contributed by atoms with E-state index in [9.17, 15) is 9.59 Å². The van der Waals surface area contributed by atoms with Crippen LogP contribution in [0.15, 0.2) is 12.1 Å². The summed E-state index contributed by atoms with van der Waals surface area (Å²) >= 11 is 0. The van der Waals surface area contributed by atoms with Crippen LogP contribution >= 0.6 is 0 Å². The van der Waals surface area contributed by atoms with Crippen LogP contribution in [-0.4, -0.2) is 42.1 Å². The Morgan fingerprint density at radius 3 is 2.61 bits per heavy atom. The van der Waals surface area contributed by atoms with E-state index in [0.29, 0.717) is 25.3 Å². The minimum absolute atomic E-state index is 0.0139. The summed E-state index contributed by atoms with van der Waals surface area (Å²) in [4.78, 5) is 22.4. The van der Waals surface area contributed by atoms with Crippen LogP contribution in [0.3, 0.4) is 0 Å². The van der Waals surface area contributed by atoms with Gasteiger partial charge in [-0.1, -0.05) is 0 Å². The Morgan fingerprint density at radius 2 is 2.06 bits per heavy atom. The fourth-order valence-electron chi connectivity index (χ4n) is 1.27. The standard InChI is InChI=1S/C11H17N5O2/c1-3-13-10(17)6-7-14-9-5-4-8(15-16-9)11(18)12-2/h4-5H,3,6-7H2,1-2H3,(H,12,18)(H,13,17)(H,14,16). The summed E-state index contributed by atoms with van der Waals surface area (Å²) < 4.78 is 0. The van der Waals surface area contributed by atoms with Crippen LogP contribution in [0.25, 0.3) is 0 Å². The summed E-state index contributed by atoms with van der Waals surface area (Å²) in [5.74, 6) is 0.239. The van der Waals surface area contributed by atoms with Gasteiger partial charge in [-0.05, 0) is 19.1 Å². The summed E-state index contributed by atoms with van der Waals surface area (Å²) in [6.45, 7) is 2.97. The largest absolute Gasteiger partial charge is 0.368 e. The van der Waals surface area contributed by atoms with E-state index < -0.39 is 0 Å². The first-order chi connectivity index (χ1) is 8.67. The van der Waals surface area contributed by atoms with Gasteiger partial charge in [0.15, 0.2) is 5.69 Å². The molecule has 0 aromatic carbocycles. The highest BCUT2D eigenvalue weighted by Gasteiger charge is 2.05. The number of anilines is 1. The molecule has 0 saturated carbocycles. The van der Waals surface area contributed by atoms with Crippen LogP contribution in [0.2, 0.25) is 0 Å². The minimum atomic E-state index is -0.281. The predicted octanol–water partition coefficient (Wildman–Crippen LogP) is -0.226. The quantitative estimate of drug-likeness (QED) is 0.649. The van der Waals surface area contributed by atoms with Gasteiger partial charge in [-0.25, -0.2) is 0 Å². The van der Waals surface area contributed by atoms with Crippen molar-refractivity contribution in [1.82, 2.24) is 20.8 Å². The van der Waals surface area contributed by atoms with Gasteiger partial charge in [-0.15, -0.1) is 10.2 Å². The highest BCUT2D eigenvalue weighted by Crippen LogP contribution is 2.01. The fourth-order valence-corrected chi connectivity index (χ4v) is 1.27. The highest BCUT2D eigenvalue weighted by molar-refractivity contribution is 5.91. The maximum absolute atomic E-state index is 11.2. The number of hydrogen-bond donors (Lipinski definition) is 3. The van der Waals surface area contributed by atoms with Gasteiger partial charge in [-0.2, -0.15) is 0 Å². The second-order valence-corrected chi connectivity index (χ2v) is 3.51. The molecule has 1 rings (SSSR count). The first kappa shape index (κ1) is 13.9. The lowest BCUT2D eigenvalue weighted by atomic mass is 10.3. The normalized spacial score (nSPS) is 9.67. The maximum Gasteiger partial charge on any atom is 0.271 e. The number of nitrogens with zero attached hydrogens (tertiary/aromatic N) is 2. The molecule has 0 radical (unpaired) electrons. The van der Waals surface area contributed by atoms with Gasteiger partial charge in [0, 0.05) is 26.6 Å². The van der Waals surface area contributed by atoms with Gasteiger partial charge in [0.1, 0.15) is 5.82 Å². The number of hydrogen-bond acceptors (Lipinski definition) is 5. The average Bonchev–Trinajstić information content (AvgIpc) is 2.39. The molecule has 7 nitrogen and oxygen atoms in total. The molecule has 1 aromatic rings. The van der Waals surface area contributed by atoms with Crippen molar-refractivity contribution in [3.63, 3.8) is 0 Å². The molecule has 0 fully saturated rings. The van der Waals surface area contributed by atoms with E-state index in [0.717, 1.165) is 0 Å². The summed E-state index contributed by atoms with van der Waals surface area (Å²) in [5, 5.41) is 15.7. The SMILES string of the molecule is CCNC(=O)CCNc1ccc(C(=O)NC)nn1. The minimum Gasteiger partial charge on any atom is -0.368 e. The zero-order chi connectivity index (χ0) is 13.4. The number of rotatable bonds is 6. The zero-order valence-electron chi connectivity index (χ0n) is 10.5. The number of amides is 2. The monoisotopic (exact) mass is 251 g/mol. The van der Waals surface area contributed by atoms with E-state index in [-0.39, 0.29) is 17.5 Å². The molecule has 0 aliphatic carbocycles. The summed E-state index contributed by atoms with van der Waals surface area (Å²) in [6.07, 6.45) is 0.368. The van der Waals surface area contributed by atoms with Crippen molar-refractivity contribution >= 4 is 17.6 Å². The molecule has 1 aromatic heterocycles. The van der Waals surface area contributed by atoms with Crippen LogP contribution < -0.4 is 16.0 Å². The lowest BCUT2D eigenvalue weighted by Gasteiger charge is -2.05. The number of nitrogens with one attached hydrogen (secondary N) is 3. The fraction of sp³-hybridized carbons (Fsp3) is 0.455. The van der Waals surface area contributed by atoms with Crippen molar-refractivity contribution in [1.29, 1.82) is 0 Å². The molecule has 2 amide bonds.